The van der Waals surface area contributed by atoms with Gasteiger partial charge in [0.15, 0.2) is 5.82 Å². The molecule has 6 nitrogen and oxygen atoms in total. The van der Waals surface area contributed by atoms with Crippen molar-refractivity contribution < 1.29 is 9.32 Å². The molecular formula is C26H38N4O2. The monoisotopic (exact) mass is 438 g/mol. The summed E-state index contributed by atoms with van der Waals surface area (Å²) in [4.78, 5) is 19.7. The Morgan fingerprint density at radius 3 is 2.56 bits per heavy atom. The molecule has 174 valence electrons. The second-order valence-corrected chi connectivity index (χ2v) is 10.1. The predicted octanol–water partition coefficient (Wildman–Crippen LogP) is 4.89. The molecule has 1 aliphatic heterocycles. The zero-order chi connectivity index (χ0) is 22.3. The Kier molecular flexibility index (Phi) is 7.95. The Hall–Kier alpha value is -2.21. The number of benzene rings is 1. The molecule has 32 heavy (non-hydrogen) atoms. The van der Waals surface area contributed by atoms with E-state index in [4.69, 9.17) is 4.52 Å². The maximum absolute atomic E-state index is 12.6. The van der Waals surface area contributed by atoms with Gasteiger partial charge in [0, 0.05) is 25.3 Å². The van der Waals surface area contributed by atoms with Gasteiger partial charge < -0.3 is 14.7 Å². The standard InChI is InChI=1S/C26H38N4O2/c1-19(2)17-24-28-26(32-29-24)22-11-14-30(15-12-22)16-13-23(21-9-4-3-5-10-21)27-25(31)18-20-7-6-8-20/h3-5,9-10,19-20,22-23H,6-8,11-18H2,1-2H3,(H,27,31)/t23-/m0/s1. The van der Waals surface area contributed by atoms with Crippen molar-refractivity contribution in [2.45, 2.75) is 77.2 Å². The quantitative estimate of drug-likeness (QED) is 0.572. The first-order valence-electron chi connectivity index (χ1n) is 12.5. The van der Waals surface area contributed by atoms with Gasteiger partial charge in [0.1, 0.15) is 0 Å². The normalized spacial score (nSPS) is 19.1. The Balaban J connectivity index is 1.27. The SMILES string of the molecule is CC(C)Cc1noc(C2CCN(CC[C@H](NC(=O)CC3CCC3)c3ccccc3)CC2)n1. The fourth-order valence-electron chi connectivity index (χ4n) is 4.82. The Morgan fingerprint density at radius 1 is 1.16 bits per heavy atom. The first-order chi connectivity index (χ1) is 15.6. The highest BCUT2D eigenvalue weighted by atomic mass is 16.5. The summed E-state index contributed by atoms with van der Waals surface area (Å²) < 4.78 is 5.56. The number of carbonyl (C=O) groups is 1. The fraction of sp³-hybridized carbons (Fsp3) is 0.654. The lowest BCUT2D eigenvalue weighted by atomic mass is 9.83. The molecule has 1 aromatic carbocycles. The highest BCUT2D eigenvalue weighted by Gasteiger charge is 2.27. The fourth-order valence-corrected chi connectivity index (χ4v) is 4.82. The molecule has 1 amide bonds. The molecule has 1 saturated heterocycles. The van der Waals surface area contributed by atoms with Crippen molar-refractivity contribution >= 4 is 5.91 Å². The van der Waals surface area contributed by atoms with Crippen LogP contribution in [0.15, 0.2) is 34.9 Å². The number of rotatable bonds is 10. The van der Waals surface area contributed by atoms with Gasteiger partial charge in [0.05, 0.1) is 6.04 Å². The Morgan fingerprint density at radius 2 is 1.91 bits per heavy atom. The first-order valence-corrected chi connectivity index (χ1v) is 12.5. The molecule has 1 saturated carbocycles. The molecule has 1 atom stereocenters. The van der Waals surface area contributed by atoms with Crippen LogP contribution in [-0.4, -0.2) is 40.6 Å². The molecule has 6 heteroatoms. The lowest BCUT2D eigenvalue weighted by molar-refractivity contribution is -0.123. The van der Waals surface area contributed by atoms with Crippen molar-refractivity contribution in [1.82, 2.24) is 20.4 Å². The number of likely N-dealkylation sites (tertiary alicyclic amines) is 1. The first kappa shape index (κ1) is 23.0. The van der Waals surface area contributed by atoms with E-state index in [1.165, 1.54) is 24.8 Å². The molecule has 1 N–H and O–H groups in total. The van der Waals surface area contributed by atoms with Crippen molar-refractivity contribution in [2.75, 3.05) is 19.6 Å². The third-order valence-electron chi connectivity index (χ3n) is 6.98. The summed E-state index contributed by atoms with van der Waals surface area (Å²) in [6.45, 7) is 7.40. The predicted molar refractivity (Wildman–Crippen MR) is 125 cm³/mol. The average Bonchev–Trinajstić information content (AvgIpc) is 3.22. The number of amides is 1. The molecule has 1 aliphatic carbocycles. The molecule has 4 rings (SSSR count). The molecule has 2 aliphatic rings. The molecule has 0 radical (unpaired) electrons. The van der Waals surface area contributed by atoms with Gasteiger partial charge in [0.2, 0.25) is 11.8 Å². The Labute approximate surface area is 192 Å². The van der Waals surface area contributed by atoms with E-state index in [1.807, 2.05) is 6.07 Å². The highest BCUT2D eigenvalue weighted by molar-refractivity contribution is 5.76. The van der Waals surface area contributed by atoms with E-state index in [9.17, 15) is 4.79 Å². The van der Waals surface area contributed by atoms with E-state index in [1.54, 1.807) is 0 Å². The lowest BCUT2D eigenvalue weighted by Crippen LogP contribution is -2.37. The van der Waals surface area contributed by atoms with Gasteiger partial charge in [-0.25, -0.2) is 0 Å². The van der Waals surface area contributed by atoms with Crippen molar-refractivity contribution in [3.05, 3.63) is 47.6 Å². The minimum Gasteiger partial charge on any atom is -0.349 e. The summed E-state index contributed by atoms with van der Waals surface area (Å²) in [5.74, 6) is 3.35. The van der Waals surface area contributed by atoms with Crippen LogP contribution in [0.2, 0.25) is 0 Å². The summed E-state index contributed by atoms with van der Waals surface area (Å²) in [6, 6.07) is 10.5. The van der Waals surface area contributed by atoms with E-state index in [0.717, 1.165) is 57.0 Å². The van der Waals surface area contributed by atoms with Crippen LogP contribution in [0.1, 0.15) is 88.0 Å². The van der Waals surface area contributed by atoms with Crippen molar-refractivity contribution in [2.24, 2.45) is 11.8 Å². The summed E-state index contributed by atoms with van der Waals surface area (Å²) in [5.41, 5.74) is 1.20. The lowest BCUT2D eigenvalue weighted by Gasteiger charge is -2.32. The van der Waals surface area contributed by atoms with Crippen LogP contribution in [-0.2, 0) is 11.2 Å². The van der Waals surface area contributed by atoms with Crippen LogP contribution in [0.5, 0.6) is 0 Å². The number of carbonyl (C=O) groups excluding carboxylic acids is 1. The minimum atomic E-state index is 0.0797. The summed E-state index contributed by atoms with van der Waals surface area (Å²) in [6.07, 6.45) is 8.27. The van der Waals surface area contributed by atoms with E-state index in [-0.39, 0.29) is 11.9 Å². The molecular weight excluding hydrogens is 400 g/mol. The van der Waals surface area contributed by atoms with Crippen molar-refractivity contribution in [3.63, 3.8) is 0 Å². The minimum absolute atomic E-state index is 0.0797. The maximum atomic E-state index is 12.6. The van der Waals surface area contributed by atoms with Crippen molar-refractivity contribution in [1.29, 1.82) is 0 Å². The maximum Gasteiger partial charge on any atom is 0.229 e. The third kappa shape index (κ3) is 6.41. The van der Waals surface area contributed by atoms with Crippen LogP contribution in [0.25, 0.3) is 0 Å². The molecule has 2 heterocycles. The zero-order valence-electron chi connectivity index (χ0n) is 19.6. The van der Waals surface area contributed by atoms with Crippen LogP contribution in [0, 0.1) is 11.8 Å². The topological polar surface area (TPSA) is 71.3 Å². The number of nitrogens with one attached hydrogen (secondary N) is 1. The number of nitrogens with zero attached hydrogens (tertiary/aromatic N) is 3. The van der Waals surface area contributed by atoms with Gasteiger partial charge >= 0.3 is 0 Å². The second kappa shape index (κ2) is 11.1. The largest absolute Gasteiger partial charge is 0.349 e. The average molecular weight is 439 g/mol. The number of piperidine rings is 1. The van der Waals surface area contributed by atoms with E-state index in [2.05, 4.69) is 58.5 Å². The van der Waals surface area contributed by atoms with Gasteiger partial charge in [-0.2, -0.15) is 4.98 Å². The van der Waals surface area contributed by atoms with E-state index >= 15 is 0 Å². The number of aromatic nitrogens is 2. The van der Waals surface area contributed by atoms with Gasteiger partial charge in [-0.3, -0.25) is 4.79 Å². The molecule has 0 spiro atoms. The summed E-state index contributed by atoms with van der Waals surface area (Å²) in [5, 5.41) is 7.49. The van der Waals surface area contributed by atoms with E-state index < -0.39 is 0 Å². The van der Waals surface area contributed by atoms with Gasteiger partial charge in [0.25, 0.3) is 0 Å². The van der Waals surface area contributed by atoms with Crippen LogP contribution in [0.3, 0.4) is 0 Å². The highest BCUT2D eigenvalue weighted by Crippen LogP contribution is 2.30. The zero-order valence-corrected chi connectivity index (χ0v) is 19.6. The summed E-state index contributed by atoms with van der Waals surface area (Å²) in [7, 11) is 0. The number of hydrogen-bond acceptors (Lipinski definition) is 5. The van der Waals surface area contributed by atoms with Crippen molar-refractivity contribution in [3.8, 4) is 0 Å². The smallest absolute Gasteiger partial charge is 0.229 e. The molecule has 1 aromatic heterocycles. The molecule has 2 aromatic rings. The Bertz CT molecular complexity index is 839. The second-order valence-electron chi connectivity index (χ2n) is 10.1. The van der Waals surface area contributed by atoms with Gasteiger partial charge in [-0.05, 0) is 62.6 Å². The number of hydrogen-bond donors (Lipinski definition) is 1. The van der Waals surface area contributed by atoms with Gasteiger partial charge in [-0.1, -0.05) is 55.8 Å². The van der Waals surface area contributed by atoms with Crippen LogP contribution >= 0.6 is 0 Å². The third-order valence-corrected chi connectivity index (χ3v) is 6.98. The summed E-state index contributed by atoms with van der Waals surface area (Å²) >= 11 is 0. The van der Waals surface area contributed by atoms with Gasteiger partial charge in [-0.15, -0.1) is 0 Å². The molecule has 0 bridgehead atoms. The van der Waals surface area contributed by atoms with Crippen LogP contribution in [0.4, 0.5) is 0 Å². The van der Waals surface area contributed by atoms with Crippen LogP contribution < -0.4 is 5.32 Å². The van der Waals surface area contributed by atoms with E-state index in [0.29, 0.717) is 24.2 Å². The molecule has 2 fully saturated rings. The molecule has 0 unspecified atom stereocenters.